The summed E-state index contributed by atoms with van der Waals surface area (Å²) in [6.07, 6.45) is 6.80. The van der Waals surface area contributed by atoms with Gasteiger partial charge < -0.3 is 5.32 Å². The lowest BCUT2D eigenvalue weighted by atomic mass is 9.96. The van der Waals surface area contributed by atoms with Gasteiger partial charge in [0, 0.05) is 24.8 Å². The molecule has 0 saturated heterocycles. The van der Waals surface area contributed by atoms with Crippen molar-refractivity contribution in [3.8, 4) is 0 Å². The lowest BCUT2D eigenvalue weighted by molar-refractivity contribution is 0.0939. The van der Waals surface area contributed by atoms with Gasteiger partial charge in [0.2, 0.25) is 10.0 Å². The molecule has 0 aliphatic heterocycles. The highest BCUT2D eigenvalue weighted by molar-refractivity contribution is 7.89. The fourth-order valence-corrected chi connectivity index (χ4v) is 4.99. The smallest absolute Gasteiger partial charge is 0.251 e. The predicted octanol–water partition coefficient (Wildman–Crippen LogP) is 3.53. The number of hydrogen-bond donors (Lipinski definition) is 1. The van der Waals surface area contributed by atoms with Gasteiger partial charge in [-0.05, 0) is 56.2 Å². The van der Waals surface area contributed by atoms with E-state index in [1.54, 1.807) is 25.4 Å². The van der Waals surface area contributed by atoms with Crippen LogP contribution in [0.4, 0.5) is 0 Å². The Labute approximate surface area is 167 Å². The Morgan fingerprint density at radius 1 is 1.11 bits per heavy atom. The SMILES string of the molecule is CC(NC(=O)c1ccc(S(=O)(=O)N(C)C2CCCCC2)cc1)c1ccccn1. The Balaban J connectivity index is 1.69. The molecule has 1 atom stereocenters. The van der Waals surface area contributed by atoms with Crippen molar-refractivity contribution in [2.24, 2.45) is 0 Å². The Morgan fingerprint density at radius 2 is 1.79 bits per heavy atom. The molecule has 28 heavy (non-hydrogen) atoms. The first-order valence-electron chi connectivity index (χ1n) is 9.69. The summed E-state index contributed by atoms with van der Waals surface area (Å²) in [5.41, 5.74) is 1.19. The van der Waals surface area contributed by atoms with E-state index in [1.807, 2.05) is 25.1 Å². The first-order chi connectivity index (χ1) is 13.4. The molecule has 1 unspecified atom stereocenters. The second-order valence-electron chi connectivity index (χ2n) is 7.29. The van der Waals surface area contributed by atoms with E-state index in [-0.39, 0.29) is 22.9 Å². The van der Waals surface area contributed by atoms with Crippen molar-refractivity contribution in [2.45, 2.75) is 56.0 Å². The lowest BCUT2D eigenvalue weighted by Gasteiger charge is -2.30. The third-order valence-corrected chi connectivity index (χ3v) is 7.29. The number of benzene rings is 1. The van der Waals surface area contributed by atoms with E-state index in [2.05, 4.69) is 10.3 Å². The van der Waals surface area contributed by atoms with E-state index in [9.17, 15) is 13.2 Å². The van der Waals surface area contributed by atoms with Crippen molar-refractivity contribution < 1.29 is 13.2 Å². The number of amides is 1. The van der Waals surface area contributed by atoms with Gasteiger partial charge in [0.25, 0.3) is 5.91 Å². The minimum atomic E-state index is -3.56. The number of hydrogen-bond acceptors (Lipinski definition) is 4. The second-order valence-corrected chi connectivity index (χ2v) is 9.28. The molecule has 1 saturated carbocycles. The summed E-state index contributed by atoms with van der Waals surface area (Å²) in [6.45, 7) is 1.86. The first kappa shape index (κ1) is 20.5. The molecular formula is C21H27N3O3S. The zero-order chi connectivity index (χ0) is 20.1. The molecule has 1 aliphatic carbocycles. The molecule has 150 valence electrons. The van der Waals surface area contributed by atoms with Crippen LogP contribution in [0.25, 0.3) is 0 Å². The minimum Gasteiger partial charge on any atom is -0.344 e. The average molecular weight is 402 g/mol. The molecule has 1 amide bonds. The fourth-order valence-electron chi connectivity index (χ4n) is 3.57. The quantitative estimate of drug-likeness (QED) is 0.803. The third kappa shape index (κ3) is 4.59. The number of aromatic nitrogens is 1. The highest BCUT2D eigenvalue weighted by Crippen LogP contribution is 2.26. The van der Waals surface area contributed by atoms with Crippen molar-refractivity contribution in [2.75, 3.05) is 7.05 Å². The van der Waals surface area contributed by atoms with E-state index in [0.29, 0.717) is 5.56 Å². The maximum atomic E-state index is 12.9. The molecule has 1 aliphatic rings. The first-order valence-corrected chi connectivity index (χ1v) is 11.1. The number of nitrogens with one attached hydrogen (secondary N) is 1. The molecular weight excluding hydrogens is 374 g/mol. The molecule has 0 bridgehead atoms. The third-order valence-electron chi connectivity index (χ3n) is 5.36. The van der Waals surface area contributed by atoms with Crippen molar-refractivity contribution in [3.63, 3.8) is 0 Å². The zero-order valence-corrected chi connectivity index (χ0v) is 17.2. The summed E-state index contributed by atoms with van der Waals surface area (Å²) < 4.78 is 27.3. The molecule has 2 aromatic rings. The van der Waals surface area contributed by atoms with Crippen molar-refractivity contribution in [3.05, 3.63) is 59.9 Å². The van der Waals surface area contributed by atoms with Crippen LogP contribution < -0.4 is 5.32 Å². The number of sulfonamides is 1. The fraction of sp³-hybridized carbons (Fsp3) is 0.429. The molecule has 1 aromatic heterocycles. The topological polar surface area (TPSA) is 79.4 Å². The molecule has 6 nitrogen and oxygen atoms in total. The second kappa shape index (κ2) is 8.84. The molecule has 1 heterocycles. The van der Waals surface area contributed by atoms with Gasteiger partial charge in [-0.15, -0.1) is 0 Å². The van der Waals surface area contributed by atoms with Crippen molar-refractivity contribution in [1.82, 2.24) is 14.6 Å². The van der Waals surface area contributed by atoms with Crippen LogP contribution in [-0.2, 0) is 10.0 Å². The highest BCUT2D eigenvalue weighted by atomic mass is 32.2. The van der Waals surface area contributed by atoms with E-state index in [0.717, 1.165) is 31.4 Å². The van der Waals surface area contributed by atoms with Crippen LogP contribution in [0.3, 0.4) is 0 Å². The van der Waals surface area contributed by atoms with Crippen LogP contribution in [0.15, 0.2) is 53.6 Å². The monoisotopic (exact) mass is 401 g/mol. The number of nitrogens with zero attached hydrogens (tertiary/aromatic N) is 2. The maximum Gasteiger partial charge on any atom is 0.251 e. The summed E-state index contributed by atoms with van der Waals surface area (Å²) in [6, 6.07) is 11.5. The van der Waals surface area contributed by atoms with Crippen LogP contribution in [-0.4, -0.2) is 36.7 Å². The molecule has 0 spiro atoms. The minimum absolute atomic E-state index is 0.0564. The normalized spacial score (nSPS) is 16.7. The maximum absolute atomic E-state index is 12.9. The lowest BCUT2D eigenvalue weighted by Crippen LogP contribution is -2.38. The summed E-state index contributed by atoms with van der Waals surface area (Å²) >= 11 is 0. The summed E-state index contributed by atoms with van der Waals surface area (Å²) in [5.74, 6) is -0.261. The Morgan fingerprint density at radius 3 is 2.39 bits per heavy atom. The Kier molecular flexibility index (Phi) is 6.46. The van der Waals surface area contributed by atoms with Crippen LogP contribution >= 0.6 is 0 Å². The molecule has 3 rings (SSSR count). The highest BCUT2D eigenvalue weighted by Gasteiger charge is 2.29. The number of carbonyl (C=O) groups is 1. The Bertz CT molecular complexity index is 892. The largest absolute Gasteiger partial charge is 0.344 e. The molecule has 1 aromatic carbocycles. The van der Waals surface area contributed by atoms with Gasteiger partial charge in [-0.2, -0.15) is 4.31 Å². The molecule has 7 heteroatoms. The van der Waals surface area contributed by atoms with Gasteiger partial charge in [-0.25, -0.2) is 8.42 Å². The van der Waals surface area contributed by atoms with E-state index >= 15 is 0 Å². The van der Waals surface area contributed by atoms with E-state index in [4.69, 9.17) is 0 Å². The van der Waals surface area contributed by atoms with Gasteiger partial charge in [0.1, 0.15) is 0 Å². The standard InChI is InChI=1S/C21H27N3O3S/c1-16(20-10-6-7-15-22-20)23-21(25)17-11-13-19(14-12-17)28(26,27)24(2)18-8-4-3-5-9-18/h6-7,10-16,18H,3-5,8-9H2,1-2H3,(H,23,25). The molecule has 0 radical (unpaired) electrons. The van der Waals surface area contributed by atoms with Crippen LogP contribution in [0, 0.1) is 0 Å². The number of rotatable bonds is 6. The zero-order valence-electron chi connectivity index (χ0n) is 16.3. The van der Waals surface area contributed by atoms with Gasteiger partial charge in [0.05, 0.1) is 16.6 Å². The summed E-state index contributed by atoms with van der Waals surface area (Å²) in [4.78, 5) is 16.9. The number of pyridine rings is 1. The van der Waals surface area contributed by atoms with Crippen LogP contribution in [0.1, 0.15) is 61.1 Å². The van der Waals surface area contributed by atoms with Gasteiger partial charge in [0.15, 0.2) is 0 Å². The van der Waals surface area contributed by atoms with Crippen LogP contribution in [0.2, 0.25) is 0 Å². The van der Waals surface area contributed by atoms with E-state index < -0.39 is 10.0 Å². The van der Waals surface area contributed by atoms with Gasteiger partial charge >= 0.3 is 0 Å². The summed E-state index contributed by atoms with van der Waals surface area (Å²) in [7, 11) is -1.90. The Hall–Kier alpha value is -2.25. The van der Waals surface area contributed by atoms with Crippen molar-refractivity contribution in [1.29, 1.82) is 0 Å². The molecule has 1 fully saturated rings. The summed E-state index contributed by atoms with van der Waals surface area (Å²) in [5, 5.41) is 2.88. The number of carbonyl (C=O) groups excluding carboxylic acids is 1. The van der Waals surface area contributed by atoms with Gasteiger partial charge in [-0.1, -0.05) is 25.3 Å². The van der Waals surface area contributed by atoms with Crippen LogP contribution in [0.5, 0.6) is 0 Å². The van der Waals surface area contributed by atoms with Crippen molar-refractivity contribution >= 4 is 15.9 Å². The van der Waals surface area contributed by atoms with E-state index in [1.165, 1.54) is 22.9 Å². The molecule has 1 N–H and O–H groups in total. The average Bonchev–Trinajstić information content (AvgIpc) is 2.74. The van der Waals surface area contributed by atoms with Gasteiger partial charge in [-0.3, -0.25) is 9.78 Å². The predicted molar refractivity (Wildman–Crippen MR) is 108 cm³/mol.